The van der Waals surface area contributed by atoms with Crippen LogP contribution in [0.15, 0.2) is 0 Å². The monoisotopic (exact) mass is 231 g/mol. The van der Waals surface area contributed by atoms with Crippen molar-refractivity contribution in [3.05, 3.63) is 6.92 Å². The van der Waals surface area contributed by atoms with Crippen molar-refractivity contribution < 1.29 is 29.7 Å². The van der Waals surface area contributed by atoms with E-state index in [9.17, 15) is 14.4 Å². The summed E-state index contributed by atoms with van der Waals surface area (Å²) in [5.41, 5.74) is -1.24. The molecule has 0 bridgehead atoms. The van der Waals surface area contributed by atoms with Crippen molar-refractivity contribution >= 4 is 17.9 Å². The maximum Gasteiger partial charge on any atom is 0.303 e. The Hall–Kier alpha value is -1.59. The molecule has 0 atom stereocenters. The summed E-state index contributed by atoms with van der Waals surface area (Å²) in [7, 11) is 0. The molecule has 0 amide bonds. The van der Waals surface area contributed by atoms with Crippen LogP contribution in [0.1, 0.15) is 32.1 Å². The van der Waals surface area contributed by atoms with E-state index in [1.165, 1.54) is 0 Å². The van der Waals surface area contributed by atoms with E-state index in [-0.39, 0.29) is 6.42 Å². The first-order chi connectivity index (χ1) is 7.31. The summed E-state index contributed by atoms with van der Waals surface area (Å²) in [5.74, 6) is -3.59. The van der Waals surface area contributed by atoms with Gasteiger partial charge < -0.3 is 15.3 Å². The molecule has 0 saturated carbocycles. The molecule has 0 aromatic rings. The van der Waals surface area contributed by atoms with Gasteiger partial charge in [0.15, 0.2) is 0 Å². The Morgan fingerprint density at radius 2 is 1.19 bits per heavy atom. The molecule has 0 aliphatic carbocycles. The van der Waals surface area contributed by atoms with Crippen LogP contribution in [0.2, 0.25) is 0 Å². The lowest BCUT2D eigenvalue weighted by Gasteiger charge is -2.28. The molecule has 16 heavy (non-hydrogen) atoms. The van der Waals surface area contributed by atoms with Crippen LogP contribution < -0.4 is 0 Å². The van der Waals surface area contributed by atoms with E-state index in [1.807, 2.05) is 0 Å². The Balaban J connectivity index is 4.93. The minimum Gasteiger partial charge on any atom is -0.481 e. The van der Waals surface area contributed by atoms with Crippen LogP contribution in [0.25, 0.3) is 0 Å². The van der Waals surface area contributed by atoms with Gasteiger partial charge >= 0.3 is 17.9 Å². The second-order valence-corrected chi connectivity index (χ2v) is 3.82. The molecule has 6 heteroatoms. The predicted molar refractivity (Wildman–Crippen MR) is 53.8 cm³/mol. The van der Waals surface area contributed by atoms with Crippen LogP contribution >= 0.6 is 0 Å². The molecule has 91 valence electrons. The summed E-state index contributed by atoms with van der Waals surface area (Å²) >= 11 is 0. The second-order valence-electron chi connectivity index (χ2n) is 3.82. The summed E-state index contributed by atoms with van der Waals surface area (Å²) in [6, 6.07) is 0. The van der Waals surface area contributed by atoms with Crippen molar-refractivity contribution in [1.29, 1.82) is 0 Å². The van der Waals surface area contributed by atoms with Crippen molar-refractivity contribution in [2.75, 3.05) is 0 Å². The zero-order valence-corrected chi connectivity index (χ0v) is 8.81. The Kier molecular flexibility index (Phi) is 5.49. The predicted octanol–water partition coefficient (Wildman–Crippen LogP) is 1.01. The summed E-state index contributed by atoms with van der Waals surface area (Å²) in [6.45, 7) is 3.51. The molecule has 0 aliphatic rings. The van der Waals surface area contributed by atoms with E-state index in [0.29, 0.717) is 6.42 Å². The Bertz CT molecular complexity index is 242. The molecular formula is C10H15O6. The summed E-state index contributed by atoms with van der Waals surface area (Å²) in [5, 5.41) is 26.1. The molecule has 0 saturated heterocycles. The van der Waals surface area contributed by atoms with E-state index < -0.39 is 42.6 Å². The summed E-state index contributed by atoms with van der Waals surface area (Å²) < 4.78 is 0. The maximum atomic E-state index is 10.6. The van der Waals surface area contributed by atoms with Gasteiger partial charge in [-0.1, -0.05) is 13.3 Å². The van der Waals surface area contributed by atoms with E-state index in [0.717, 1.165) is 0 Å². The van der Waals surface area contributed by atoms with Crippen molar-refractivity contribution in [1.82, 2.24) is 0 Å². The number of hydrogen-bond donors (Lipinski definition) is 3. The SMILES string of the molecule is [CH2]CCC(CC(=O)O)(CC(=O)O)CC(=O)O. The molecule has 0 heterocycles. The van der Waals surface area contributed by atoms with Gasteiger partial charge in [0.1, 0.15) is 0 Å². The highest BCUT2D eigenvalue weighted by Gasteiger charge is 2.36. The van der Waals surface area contributed by atoms with E-state index in [2.05, 4.69) is 6.92 Å². The van der Waals surface area contributed by atoms with Gasteiger partial charge in [0.25, 0.3) is 0 Å². The van der Waals surface area contributed by atoms with Crippen LogP contribution in [-0.4, -0.2) is 33.2 Å². The topological polar surface area (TPSA) is 112 Å². The average Bonchev–Trinajstić information content (AvgIpc) is 1.98. The molecule has 0 rings (SSSR count). The molecule has 0 fully saturated rings. The number of rotatable bonds is 8. The first kappa shape index (κ1) is 14.4. The average molecular weight is 231 g/mol. The number of hydrogen-bond acceptors (Lipinski definition) is 3. The fourth-order valence-corrected chi connectivity index (χ4v) is 1.79. The van der Waals surface area contributed by atoms with Gasteiger partial charge in [0.2, 0.25) is 0 Å². The van der Waals surface area contributed by atoms with Crippen molar-refractivity contribution in [3.8, 4) is 0 Å². The van der Waals surface area contributed by atoms with Crippen LogP contribution in [0.4, 0.5) is 0 Å². The van der Waals surface area contributed by atoms with Gasteiger partial charge in [0, 0.05) is 5.41 Å². The van der Waals surface area contributed by atoms with E-state index in [4.69, 9.17) is 15.3 Å². The van der Waals surface area contributed by atoms with Gasteiger partial charge in [-0.15, -0.1) is 0 Å². The molecule has 3 N–H and O–H groups in total. The fraction of sp³-hybridized carbons (Fsp3) is 0.600. The molecule has 0 aromatic carbocycles. The zero-order valence-electron chi connectivity index (χ0n) is 8.81. The lowest BCUT2D eigenvalue weighted by Crippen LogP contribution is -2.30. The first-order valence-corrected chi connectivity index (χ1v) is 4.76. The quantitative estimate of drug-likeness (QED) is 0.574. The molecule has 0 spiro atoms. The zero-order chi connectivity index (χ0) is 12.8. The Morgan fingerprint density at radius 1 is 0.875 bits per heavy atom. The van der Waals surface area contributed by atoms with Gasteiger partial charge in [-0.25, -0.2) is 0 Å². The van der Waals surface area contributed by atoms with Crippen LogP contribution in [0, 0.1) is 12.3 Å². The molecule has 0 aromatic heterocycles. The molecule has 0 unspecified atom stereocenters. The fourth-order valence-electron chi connectivity index (χ4n) is 1.79. The van der Waals surface area contributed by atoms with Crippen molar-refractivity contribution in [3.63, 3.8) is 0 Å². The summed E-state index contributed by atoms with van der Waals surface area (Å²) in [4.78, 5) is 31.9. The third kappa shape index (κ3) is 5.33. The highest BCUT2D eigenvalue weighted by atomic mass is 16.4. The molecule has 1 radical (unpaired) electrons. The number of aliphatic carboxylic acids is 3. The van der Waals surface area contributed by atoms with Crippen molar-refractivity contribution in [2.45, 2.75) is 32.1 Å². The molecule has 0 aliphatic heterocycles. The van der Waals surface area contributed by atoms with Crippen LogP contribution in [0.3, 0.4) is 0 Å². The Labute approximate surface area is 92.9 Å². The smallest absolute Gasteiger partial charge is 0.303 e. The first-order valence-electron chi connectivity index (χ1n) is 4.76. The van der Waals surface area contributed by atoms with Crippen LogP contribution in [0.5, 0.6) is 0 Å². The largest absolute Gasteiger partial charge is 0.481 e. The second kappa shape index (κ2) is 6.09. The van der Waals surface area contributed by atoms with Gasteiger partial charge in [-0.3, -0.25) is 14.4 Å². The minimum absolute atomic E-state index is 0.165. The lowest BCUT2D eigenvalue weighted by atomic mass is 9.74. The highest BCUT2D eigenvalue weighted by Crippen LogP contribution is 2.36. The normalized spacial score (nSPS) is 11.1. The number of carboxylic acid groups (broad SMARTS) is 3. The van der Waals surface area contributed by atoms with Gasteiger partial charge in [0.05, 0.1) is 19.3 Å². The van der Waals surface area contributed by atoms with E-state index >= 15 is 0 Å². The molecule has 6 nitrogen and oxygen atoms in total. The highest BCUT2D eigenvalue weighted by molar-refractivity contribution is 5.75. The summed E-state index contributed by atoms with van der Waals surface area (Å²) in [6.07, 6.45) is -0.949. The number of carbonyl (C=O) groups is 3. The Morgan fingerprint density at radius 3 is 1.38 bits per heavy atom. The van der Waals surface area contributed by atoms with Gasteiger partial charge in [-0.05, 0) is 6.42 Å². The molecular weight excluding hydrogens is 216 g/mol. The van der Waals surface area contributed by atoms with Crippen LogP contribution in [-0.2, 0) is 14.4 Å². The van der Waals surface area contributed by atoms with E-state index in [1.54, 1.807) is 0 Å². The number of carboxylic acids is 3. The standard InChI is InChI=1S/C10H15O6/c1-2-3-10(4-7(11)12,5-8(13)14)6-9(15)16/h1-6H2,(H,11,12)(H,13,14)(H,15,16). The third-order valence-corrected chi connectivity index (χ3v) is 2.29. The third-order valence-electron chi connectivity index (χ3n) is 2.29. The maximum absolute atomic E-state index is 10.6. The van der Waals surface area contributed by atoms with Gasteiger partial charge in [-0.2, -0.15) is 0 Å². The lowest BCUT2D eigenvalue weighted by molar-refractivity contribution is -0.147. The minimum atomic E-state index is -1.24. The van der Waals surface area contributed by atoms with Crippen molar-refractivity contribution in [2.24, 2.45) is 5.41 Å².